The average molecular weight is 449 g/mol. The Balaban J connectivity index is 1.39. The number of benzene rings is 1. The van der Waals surface area contributed by atoms with E-state index in [4.69, 9.17) is 0 Å². The number of carbonyl (C=O) groups excluding carboxylic acids is 1. The van der Waals surface area contributed by atoms with Crippen molar-refractivity contribution < 1.29 is 4.79 Å². The fourth-order valence-corrected chi connectivity index (χ4v) is 4.62. The molecule has 32 heavy (non-hydrogen) atoms. The molecule has 0 spiro atoms. The normalized spacial score (nSPS) is 14.1. The third kappa shape index (κ3) is 3.69. The Morgan fingerprint density at radius 2 is 1.75 bits per heavy atom. The maximum Gasteiger partial charge on any atom is 0.329 e. The second kappa shape index (κ2) is 8.39. The van der Waals surface area contributed by atoms with Crippen molar-refractivity contribution in [1.82, 2.24) is 23.8 Å². The van der Waals surface area contributed by atoms with E-state index in [0.717, 1.165) is 27.5 Å². The summed E-state index contributed by atoms with van der Waals surface area (Å²) >= 11 is 0.949. The van der Waals surface area contributed by atoms with Crippen LogP contribution in [0.5, 0.6) is 0 Å². The molecule has 0 saturated carbocycles. The van der Waals surface area contributed by atoms with Gasteiger partial charge in [0.15, 0.2) is 5.52 Å². The van der Waals surface area contributed by atoms with Crippen LogP contribution < -0.4 is 16.1 Å². The van der Waals surface area contributed by atoms with Crippen molar-refractivity contribution in [3.05, 3.63) is 86.0 Å². The van der Waals surface area contributed by atoms with Gasteiger partial charge in [-0.05, 0) is 29.2 Å². The Kier molecular flexibility index (Phi) is 5.28. The number of carbonyl (C=O) groups is 1. The topological polar surface area (TPSA) is 104 Å². The van der Waals surface area contributed by atoms with E-state index in [1.165, 1.54) is 0 Å². The van der Waals surface area contributed by atoms with E-state index < -0.39 is 11.2 Å². The predicted octanol–water partition coefficient (Wildman–Crippen LogP) is 1.55. The number of fused-ring (bicyclic) bond motifs is 1. The van der Waals surface area contributed by atoms with Gasteiger partial charge in [-0.3, -0.25) is 14.2 Å². The van der Waals surface area contributed by atoms with Crippen LogP contribution in [0.15, 0.2) is 64.3 Å². The van der Waals surface area contributed by atoms with Gasteiger partial charge in [-0.2, -0.15) is 4.37 Å². The van der Waals surface area contributed by atoms with Gasteiger partial charge in [-0.1, -0.05) is 36.4 Å². The number of nitrogens with one attached hydrogen (secondary N) is 1. The Labute approximate surface area is 186 Å². The van der Waals surface area contributed by atoms with Crippen LogP contribution in [0, 0.1) is 0 Å². The highest BCUT2D eigenvalue weighted by Crippen LogP contribution is 2.21. The molecular formula is C22H20N6O3S. The van der Waals surface area contributed by atoms with Crippen molar-refractivity contribution in [2.45, 2.75) is 6.54 Å². The van der Waals surface area contributed by atoms with E-state index in [1.54, 1.807) is 11.1 Å². The summed E-state index contributed by atoms with van der Waals surface area (Å²) in [5.41, 5.74) is 0.104. The number of anilines is 1. The molecule has 4 heterocycles. The molecule has 0 atom stereocenters. The largest absolute Gasteiger partial charge is 0.353 e. The van der Waals surface area contributed by atoms with Gasteiger partial charge in [0, 0.05) is 32.4 Å². The monoisotopic (exact) mass is 448 g/mol. The van der Waals surface area contributed by atoms with Crippen molar-refractivity contribution >= 4 is 34.3 Å². The minimum Gasteiger partial charge on any atom is -0.353 e. The first kappa shape index (κ1) is 20.1. The lowest BCUT2D eigenvalue weighted by atomic mass is 10.2. The maximum absolute atomic E-state index is 13.1. The number of hydrogen-bond acceptors (Lipinski definition) is 7. The van der Waals surface area contributed by atoms with Crippen LogP contribution in [0.25, 0.3) is 11.0 Å². The highest BCUT2D eigenvalue weighted by atomic mass is 32.1. The lowest BCUT2D eigenvalue weighted by Gasteiger charge is -2.35. The Hall–Kier alpha value is -3.79. The van der Waals surface area contributed by atoms with Gasteiger partial charge >= 0.3 is 5.69 Å². The zero-order valence-corrected chi connectivity index (χ0v) is 17.9. The first-order valence-electron chi connectivity index (χ1n) is 10.2. The minimum atomic E-state index is -0.555. The van der Waals surface area contributed by atoms with Crippen LogP contribution in [-0.4, -0.2) is 55.9 Å². The highest BCUT2D eigenvalue weighted by molar-refractivity contribution is 7.09. The molecular weight excluding hydrogens is 428 g/mol. The number of aromatic nitrogens is 4. The molecule has 1 aliphatic rings. The lowest BCUT2D eigenvalue weighted by molar-refractivity contribution is 0.0753. The molecule has 1 aromatic carbocycles. The van der Waals surface area contributed by atoms with Crippen LogP contribution in [0.1, 0.15) is 15.2 Å². The fraction of sp³-hybridized carbons (Fsp3) is 0.227. The van der Waals surface area contributed by atoms with Gasteiger partial charge in [-0.15, -0.1) is 0 Å². The summed E-state index contributed by atoms with van der Waals surface area (Å²) in [5.74, 6) is 0.653. The van der Waals surface area contributed by atoms with Gasteiger partial charge in [0.25, 0.3) is 11.5 Å². The maximum atomic E-state index is 13.1. The van der Waals surface area contributed by atoms with E-state index in [1.807, 2.05) is 48.5 Å². The van der Waals surface area contributed by atoms with Crippen molar-refractivity contribution in [1.29, 1.82) is 0 Å². The third-order valence-corrected chi connectivity index (χ3v) is 6.37. The summed E-state index contributed by atoms with van der Waals surface area (Å²) in [5, 5.41) is 0. The van der Waals surface area contributed by atoms with E-state index in [9.17, 15) is 14.4 Å². The number of aromatic amines is 1. The molecule has 0 unspecified atom stereocenters. The zero-order chi connectivity index (χ0) is 22.1. The number of pyridine rings is 1. The molecule has 162 valence electrons. The van der Waals surface area contributed by atoms with Crippen molar-refractivity contribution in [3.63, 3.8) is 0 Å². The molecule has 5 rings (SSSR count). The van der Waals surface area contributed by atoms with Gasteiger partial charge in [-0.25, -0.2) is 9.78 Å². The van der Waals surface area contributed by atoms with Gasteiger partial charge in [0.1, 0.15) is 10.7 Å². The summed E-state index contributed by atoms with van der Waals surface area (Å²) in [6, 6.07) is 15.0. The van der Waals surface area contributed by atoms with Crippen LogP contribution in [-0.2, 0) is 6.54 Å². The first-order chi connectivity index (χ1) is 15.6. The second-order valence-electron chi connectivity index (χ2n) is 7.51. The standard InChI is InChI=1S/C22H20N6O3S/c29-20-18-17(24-22(31)28(20)14-15-6-2-1-3-7-15)19(32-25-18)21(30)27-12-10-26(11-13-27)16-8-4-5-9-23-16/h1-9H,10-14H2,(H,24,31). The van der Waals surface area contributed by atoms with Crippen LogP contribution in [0.4, 0.5) is 5.82 Å². The van der Waals surface area contributed by atoms with Crippen LogP contribution in [0.2, 0.25) is 0 Å². The summed E-state index contributed by atoms with van der Waals surface area (Å²) in [6.07, 6.45) is 1.75. The van der Waals surface area contributed by atoms with E-state index in [0.29, 0.717) is 26.2 Å². The van der Waals surface area contributed by atoms with E-state index in [-0.39, 0.29) is 28.4 Å². The Morgan fingerprint density at radius 3 is 2.47 bits per heavy atom. The van der Waals surface area contributed by atoms with Gasteiger partial charge in [0.05, 0.1) is 12.1 Å². The van der Waals surface area contributed by atoms with E-state index in [2.05, 4.69) is 19.2 Å². The molecule has 0 aliphatic carbocycles. The first-order valence-corrected chi connectivity index (χ1v) is 11.0. The SMILES string of the molecule is O=C(c1snc2c(=O)n(Cc3ccccc3)c(=O)[nH]c12)N1CCN(c2ccccn2)CC1. The van der Waals surface area contributed by atoms with Gasteiger partial charge < -0.3 is 14.8 Å². The van der Waals surface area contributed by atoms with E-state index >= 15 is 0 Å². The molecule has 10 heteroatoms. The number of hydrogen-bond donors (Lipinski definition) is 1. The molecule has 4 aromatic rings. The molecule has 9 nitrogen and oxygen atoms in total. The molecule has 1 saturated heterocycles. The average Bonchev–Trinajstić information content (AvgIpc) is 3.26. The molecule has 1 fully saturated rings. The number of amides is 1. The molecule has 1 N–H and O–H groups in total. The quantitative estimate of drug-likeness (QED) is 0.508. The summed E-state index contributed by atoms with van der Waals surface area (Å²) in [4.78, 5) is 49.9. The zero-order valence-electron chi connectivity index (χ0n) is 17.1. The fourth-order valence-electron chi connectivity index (χ4n) is 3.83. The summed E-state index contributed by atoms with van der Waals surface area (Å²) < 4.78 is 5.32. The number of nitrogens with zero attached hydrogens (tertiary/aromatic N) is 5. The predicted molar refractivity (Wildman–Crippen MR) is 122 cm³/mol. The summed E-state index contributed by atoms with van der Waals surface area (Å²) in [6.45, 7) is 2.48. The van der Waals surface area contributed by atoms with Crippen LogP contribution >= 0.6 is 11.5 Å². The van der Waals surface area contributed by atoms with Crippen molar-refractivity contribution in [2.24, 2.45) is 0 Å². The lowest BCUT2D eigenvalue weighted by Crippen LogP contribution is -2.49. The third-order valence-electron chi connectivity index (χ3n) is 5.53. The van der Waals surface area contributed by atoms with Crippen LogP contribution in [0.3, 0.4) is 0 Å². The van der Waals surface area contributed by atoms with Gasteiger partial charge in [0.2, 0.25) is 0 Å². The van der Waals surface area contributed by atoms with Crippen molar-refractivity contribution in [2.75, 3.05) is 31.1 Å². The molecule has 1 aliphatic heterocycles. The molecule has 0 bridgehead atoms. The minimum absolute atomic E-state index is 0.112. The Morgan fingerprint density at radius 1 is 1.00 bits per heavy atom. The molecule has 1 amide bonds. The molecule has 3 aromatic heterocycles. The number of H-pyrrole nitrogens is 1. The smallest absolute Gasteiger partial charge is 0.329 e. The number of piperazine rings is 1. The molecule has 0 radical (unpaired) electrons. The second-order valence-corrected chi connectivity index (χ2v) is 8.28. The summed E-state index contributed by atoms with van der Waals surface area (Å²) in [7, 11) is 0. The van der Waals surface area contributed by atoms with Crippen molar-refractivity contribution in [3.8, 4) is 0 Å². The number of rotatable bonds is 4. The highest BCUT2D eigenvalue weighted by Gasteiger charge is 2.27. The Bertz CT molecular complexity index is 1370.